The Labute approximate surface area is 141 Å². The fourth-order valence-electron chi connectivity index (χ4n) is 2.07. The molecule has 0 spiro atoms. The van der Waals surface area contributed by atoms with E-state index in [-0.39, 0.29) is 5.91 Å². The molecular weight excluding hydrogens is 314 g/mol. The maximum atomic E-state index is 12.3. The van der Waals surface area contributed by atoms with E-state index in [4.69, 9.17) is 21.1 Å². The minimum atomic E-state index is -0.649. The molecule has 4 nitrogen and oxygen atoms in total. The summed E-state index contributed by atoms with van der Waals surface area (Å²) in [6.45, 7) is 6.01. The van der Waals surface area contributed by atoms with E-state index in [2.05, 4.69) is 5.32 Å². The Morgan fingerprint density at radius 2 is 1.96 bits per heavy atom. The van der Waals surface area contributed by atoms with E-state index in [9.17, 15) is 4.79 Å². The number of aryl methyl sites for hydroxylation is 1. The first-order valence-corrected chi connectivity index (χ1v) is 7.84. The first kappa shape index (κ1) is 17.2. The number of hydrogen-bond donors (Lipinski definition) is 1. The van der Waals surface area contributed by atoms with Crippen LogP contribution in [0.5, 0.6) is 11.5 Å². The van der Waals surface area contributed by atoms with Crippen LogP contribution in [0.1, 0.15) is 19.4 Å². The highest BCUT2D eigenvalue weighted by atomic mass is 35.5. The molecule has 23 heavy (non-hydrogen) atoms. The number of benzene rings is 2. The van der Waals surface area contributed by atoms with Gasteiger partial charge >= 0.3 is 0 Å². The van der Waals surface area contributed by atoms with Crippen molar-refractivity contribution in [1.82, 2.24) is 0 Å². The number of amides is 1. The topological polar surface area (TPSA) is 47.6 Å². The Balaban J connectivity index is 2.05. The zero-order valence-electron chi connectivity index (χ0n) is 13.4. The Hall–Kier alpha value is -2.20. The predicted octanol–water partition coefficient (Wildman–Crippen LogP) is 4.45. The van der Waals surface area contributed by atoms with Crippen molar-refractivity contribution in [1.29, 1.82) is 0 Å². The van der Waals surface area contributed by atoms with Crippen molar-refractivity contribution in [3.8, 4) is 11.5 Å². The molecule has 122 valence electrons. The van der Waals surface area contributed by atoms with Gasteiger partial charge in [-0.1, -0.05) is 23.7 Å². The highest BCUT2D eigenvalue weighted by Gasteiger charge is 2.17. The average Bonchev–Trinajstić information content (AvgIpc) is 2.52. The maximum absolute atomic E-state index is 12.3. The van der Waals surface area contributed by atoms with Crippen LogP contribution in [0.25, 0.3) is 0 Å². The van der Waals surface area contributed by atoms with E-state index in [1.165, 1.54) is 0 Å². The minimum absolute atomic E-state index is 0.244. The lowest BCUT2D eigenvalue weighted by Crippen LogP contribution is -2.30. The van der Waals surface area contributed by atoms with Crippen LogP contribution in [0.2, 0.25) is 5.02 Å². The van der Waals surface area contributed by atoms with Gasteiger partial charge in [-0.15, -0.1) is 0 Å². The minimum Gasteiger partial charge on any atom is -0.492 e. The molecule has 0 saturated carbocycles. The molecule has 0 unspecified atom stereocenters. The van der Waals surface area contributed by atoms with E-state index >= 15 is 0 Å². The van der Waals surface area contributed by atoms with Gasteiger partial charge in [0.05, 0.1) is 12.3 Å². The van der Waals surface area contributed by atoms with Gasteiger partial charge in [-0.25, -0.2) is 0 Å². The molecule has 5 heteroatoms. The molecule has 0 radical (unpaired) electrons. The summed E-state index contributed by atoms with van der Waals surface area (Å²) < 4.78 is 11.2. The van der Waals surface area contributed by atoms with Gasteiger partial charge in [0.2, 0.25) is 0 Å². The molecule has 0 aliphatic heterocycles. The van der Waals surface area contributed by atoms with E-state index < -0.39 is 6.10 Å². The van der Waals surface area contributed by atoms with Crippen molar-refractivity contribution in [3.05, 3.63) is 53.1 Å². The van der Waals surface area contributed by atoms with Crippen molar-refractivity contribution >= 4 is 23.2 Å². The number of anilines is 1. The van der Waals surface area contributed by atoms with Gasteiger partial charge in [0.25, 0.3) is 5.91 Å². The van der Waals surface area contributed by atoms with E-state index in [1.54, 1.807) is 31.2 Å². The number of carbonyl (C=O) groups is 1. The Morgan fingerprint density at radius 3 is 2.65 bits per heavy atom. The summed E-state index contributed by atoms with van der Waals surface area (Å²) in [6, 6.07) is 12.6. The van der Waals surface area contributed by atoms with Gasteiger partial charge in [-0.2, -0.15) is 0 Å². The number of halogens is 1. The van der Waals surface area contributed by atoms with E-state index in [0.717, 1.165) is 5.56 Å². The zero-order chi connectivity index (χ0) is 16.8. The maximum Gasteiger partial charge on any atom is 0.265 e. The lowest BCUT2D eigenvalue weighted by atomic mass is 10.2. The molecule has 0 fully saturated rings. The molecule has 1 atom stereocenters. The van der Waals surface area contributed by atoms with Crippen LogP contribution >= 0.6 is 11.6 Å². The van der Waals surface area contributed by atoms with Gasteiger partial charge in [0, 0.05) is 5.02 Å². The molecule has 1 N–H and O–H groups in total. The molecule has 1 amide bonds. The molecular formula is C18H20ClNO3. The van der Waals surface area contributed by atoms with Gasteiger partial charge in [-0.05, 0) is 56.7 Å². The monoisotopic (exact) mass is 333 g/mol. The third-order valence-electron chi connectivity index (χ3n) is 3.25. The number of hydrogen-bond acceptors (Lipinski definition) is 3. The van der Waals surface area contributed by atoms with E-state index in [1.807, 2.05) is 32.0 Å². The molecule has 0 aliphatic carbocycles. The van der Waals surface area contributed by atoms with Crippen LogP contribution in [0, 0.1) is 6.92 Å². The number of rotatable bonds is 6. The molecule has 0 heterocycles. The lowest BCUT2D eigenvalue weighted by Gasteiger charge is -2.17. The van der Waals surface area contributed by atoms with Crippen LogP contribution in [0.3, 0.4) is 0 Å². The Bertz CT molecular complexity index is 688. The number of carbonyl (C=O) groups excluding carboxylic acids is 1. The molecule has 2 aromatic rings. The van der Waals surface area contributed by atoms with Crippen LogP contribution in [0.15, 0.2) is 42.5 Å². The normalized spacial score (nSPS) is 11.7. The van der Waals surface area contributed by atoms with Gasteiger partial charge in [-0.3, -0.25) is 4.79 Å². The second-order valence-corrected chi connectivity index (χ2v) is 5.52. The number of nitrogens with one attached hydrogen (secondary N) is 1. The number of ether oxygens (including phenoxy) is 2. The molecule has 0 saturated heterocycles. The molecule has 0 bridgehead atoms. The zero-order valence-corrected chi connectivity index (χ0v) is 14.2. The largest absolute Gasteiger partial charge is 0.492 e. The van der Waals surface area contributed by atoms with Gasteiger partial charge in [0.1, 0.15) is 11.5 Å². The summed E-state index contributed by atoms with van der Waals surface area (Å²) in [6.07, 6.45) is -0.649. The Morgan fingerprint density at radius 1 is 1.22 bits per heavy atom. The van der Waals surface area contributed by atoms with E-state index in [0.29, 0.717) is 28.8 Å². The first-order chi connectivity index (χ1) is 11.0. The Kier molecular flexibility index (Phi) is 5.88. The van der Waals surface area contributed by atoms with Crippen molar-refractivity contribution in [3.63, 3.8) is 0 Å². The van der Waals surface area contributed by atoms with Gasteiger partial charge < -0.3 is 14.8 Å². The number of para-hydroxylation sites is 2. The smallest absolute Gasteiger partial charge is 0.265 e. The average molecular weight is 334 g/mol. The second kappa shape index (κ2) is 7.88. The second-order valence-electron chi connectivity index (χ2n) is 5.09. The highest BCUT2D eigenvalue weighted by molar-refractivity contribution is 6.30. The standard InChI is InChI=1S/C18H20ClNO3/c1-4-22-17-8-6-5-7-15(17)20-18(21)13(3)23-16-10-9-14(19)11-12(16)2/h5-11,13H,4H2,1-3H3,(H,20,21)/t13-/m0/s1. The predicted molar refractivity (Wildman–Crippen MR) is 92.5 cm³/mol. The quantitative estimate of drug-likeness (QED) is 0.849. The third-order valence-corrected chi connectivity index (χ3v) is 3.49. The van der Waals surface area contributed by atoms with Crippen LogP contribution in [-0.4, -0.2) is 18.6 Å². The van der Waals surface area contributed by atoms with Crippen molar-refractivity contribution in [2.24, 2.45) is 0 Å². The lowest BCUT2D eigenvalue weighted by molar-refractivity contribution is -0.122. The van der Waals surface area contributed by atoms with Crippen molar-refractivity contribution < 1.29 is 14.3 Å². The third kappa shape index (κ3) is 4.63. The highest BCUT2D eigenvalue weighted by Crippen LogP contribution is 2.25. The van der Waals surface area contributed by atoms with Crippen molar-refractivity contribution in [2.45, 2.75) is 26.9 Å². The summed E-state index contributed by atoms with van der Waals surface area (Å²) in [7, 11) is 0. The SMILES string of the molecule is CCOc1ccccc1NC(=O)[C@H](C)Oc1ccc(Cl)cc1C. The summed E-state index contributed by atoms with van der Waals surface area (Å²) in [5.74, 6) is 1.03. The summed E-state index contributed by atoms with van der Waals surface area (Å²) in [5, 5.41) is 3.47. The molecule has 2 rings (SSSR count). The fraction of sp³-hybridized carbons (Fsp3) is 0.278. The molecule has 0 aliphatic rings. The van der Waals surface area contributed by atoms with Crippen LogP contribution in [0.4, 0.5) is 5.69 Å². The summed E-state index contributed by atoms with van der Waals surface area (Å²) in [5.41, 5.74) is 1.51. The van der Waals surface area contributed by atoms with Crippen molar-refractivity contribution in [2.75, 3.05) is 11.9 Å². The van der Waals surface area contributed by atoms with Crippen LogP contribution < -0.4 is 14.8 Å². The fourth-order valence-corrected chi connectivity index (χ4v) is 2.30. The van der Waals surface area contributed by atoms with Gasteiger partial charge in [0.15, 0.2) is 6.10 Å². The van der Waals surface area contributed by atoms with Crippen LogP contribution in [-0.2, 0) is 4.79 Å². The molecule has 2 aromatic carbocycles. The summed E-state index contributed by atoms with van der Waals surface area (Å²) in [4.78, 5) is 12.3. The molecule has 0 aromatic heterocycles. The first-order valence-electron chi connectivity index (χ1n) is 7.46. The summed E-state index contributed by atoms with van der Waals surface area (Å²) >= 11 is 5.92.